The number of ether oxygens (including phenoxy) is 1. The van der Waals surface area contributed by atoms with Crippen molar-refractivity contribution in [3.63, 3.8) is 0 Å². The first kappa shape index (κ1) is 20.4. The van der Waals surface area contributed by atoms with E-state index in [0.717, 1.165) is 54.2 Å². The third-order valence-corrected chi connectivity index (χ3v) is 8.22. The Morgan fingerprint density at radius 1 is 1.21 bits per heavy atom. The number of methoxy groups -OCH3 is 1. The maximum absolute atomic E-state index is 13.2. The van der Waals surface area contributed by atoms with Gasteiger partial charge in [-0.2, -0.15) is 0 Å². The molecule has 0 N–H and O–H groups in total. The van der Waals surface area contributed by atoms with Crippen LogP contribution in [-0.4, -0.2) is 39.8 Å². The average Bonchev–Trinajstić information content (AvgIpc) is 3.37. The summed E-state index contributed by atoms with van der Waals surface area (Å²) in [4.78, 5) is 29.9. The fourth-order valence-electron chi connectivity index (χ4n) is 4.50. The number of rotatable bonds is 4. The number of carbonyl (C=O) groups excluding carboxylic acids is 1. The molecule has 1 unspecified atom stereocenters. The Labute approximate surface area is 198 Å². The monoisotopic (exact) mass is 472 g/mol. The normalized spacial score (nSPS) is 15.5. The van der Waals surface area contributed by atoms with Gasteiger partial charge in [0.1, 0.15) is 21.9 Å². The topological polar surface area (TPSA) is 68.2 Å². The first-order valence-electron chi connectivity index (χ1n) is 10.7. The van der Waals surface area contributed by atoms with Crippen LogP contribution in [0.2, 0.25) is 0 Å². The van der Waals surface area contributed by atoms with Gasteiger partial charge in [0.15, 0.2) is 0 Å². The fraction of sp³-hybridized carbons (Fsp3) is 0.200. The predicted octanol–water partition coefficient (Wildman–Crippen LogP) is 5.47. The number of thioether (sulfide) groups is 1. The third kappa shape index (κ3) is 3.41. The van der Waals surface area contributed by atoms with E-state index in [1.54, 1.807) is 24.8 Å². The highest BCUT2D eigenvalue weighted by Gasteiger charge is 2.30. The Bertz CT molecular complexity index is 1550. The van der Waals surface area contributed by atoms with E-state index in [2.05, 4.69) is 29.0 Å². The maximum Gasteiger partial charge on any atom is 0.237 e. The minimum atomic E-state index is 0.0984. The SMILES string of the molecule is COc1ccc2nc3sc4c(SCC(=O)N5c6ccccc6CC5C)ncnc4c3cc2c1. The van der Waals surface area contributed by atoms with Gasteiger partial charge in [-0.05, 0) is 49.2 Å². The number of hydrogen-bond acceptors (Lipinski definition) is 7. The molecule has 8 heteroatoms. The van der Waals surface area contributed by atoms with Crippen LogP contribution >= 0.6 is 23.1 Å². The smallest absolute Gasteiger partial charge is 0.237 e. The van der Waals surface area contributed by atoms with Crippen LogP contribution in [0.3, 0.4) is 0 Å². The van der Waals surface area contributed by atoms with E-state index >= 15 is 0 Å². The van der Waals surface area contributed by atoms with Gasteiger partial charge in [0.05, 0.1) is 28.6 Å². The average molecular weight is 473 g/mol. The van der Waals surface area contributed by atoms with Gasteiger partial charge in [-0.15, -0.1) is 11.3 Å². The molecule has 0 spiro atoms. The lowest BCUT2D eigenvalue weighted by Gasteiger charge is -2.22. The van der Waals surface area contributed by atoms with Gasteiger partial charge >= 0.3 is 0 Å². The van der Waals surface area contributed by atoms with Crippen LogP contribution in [0.5, 0.6) is 5.75 Å². The zero-order valence-corrected chi connectivity index (χ0v) is 19.7. The van der Waals surface area contributed by atoms with Crippen molar-refractivity contribution in [1.29, 1.82) is 0 Å². The molecular formula is C25H20N4O2S2. The lowest BCUT2D eigenvalue weighted by molar-refractivity contribution is -0.116. The zero-order valence-electron chi connectivity index (χ0n) is 18.1. The van der Waals surface area contributed by atoms with Crippen LogP contribution in [-0.2, 0) is 11.2 Å². The number of carbonyl (C=O) groups is 1. The predicted molar refractivity (Wildman–Crippen MR) is 135 cm³/mol. The number of nitrogens with zero attached hydrogens (tertiary/aromatic N) is 4. The van der Waals surface area contributed by atoms with Gasteiger partial charge < -0.3 is 9.64 Å². The second-order valence-electron chi connectivity index (χ2n) is 8.09. The minimum Gasteiger partial charge on any atom is -0.497 e. The lowest BCUT2D eigenvalue weighted by Crippen LogP contribution is -2.36. The van der Waals surface area contributed by atoms with Crippen molar-refractivity contribution >= 4 is 66.0 Å². The number of pyridine rings is 1. The Balaban J connectivity index is 1.33. The molecule has 164 valence electrons. The maximum atomic E-state index is 13.2. The first-order valence-corrected chi connectivity index (χ1v) is 12.5. The summed E-state index contributed by atoms with van der Waals surface area (Å²) in [5.41, 5.74) is 4.04. The van der Waals surface area contributed by atoms with Crippen molar-refractivity contribution in [2.45, 2.75) is 24.4 Å². The zero-order chi connectivity index (χ0) is 22.5. The van der Waals surface area contributed by atoms with Crippen molar-refractivity contribution in [3.05, 3.63) is 60.4 Å². The summed E-state index contributed by atoms with van der Waals surface area (Å²) >= 11 is 3.04. The number of hydrogen-bond donors (Lipinski definition) is 0. The minimum absolute atomic E-state index is 0.0984. The fourth-order valence-corrected chi connectivity index (χ4v) is 6.55. The molecule has 0 radical (unpaired) electrons. The van der Waals surface area contributed by atoms with Crippen LogP contribution in [0.4, 0.5) is 5.69 Å². The van der Waals surface area contributed by atoms with E-state index in [-0.39, 0.29) is 11.9 Å². The number of anilines is 1. The second kappa shape index (κ2) is 7.97. The Kier molecular flexibility index (Phi) is 4.92. The highest BCUT2D eigenvalue weighted by molar-refractivity contribution is 8.00. The van der Waals surface area contributed by atoms with Crippen molar-refractivity contribution in [2.24, 2.45) is 0 Å². The molecule has 0 bridgehead atoms. The molecule has 5 aromatic rings. The van der Waals surface area contributed by atoms with E-state index in [9.17, 15) is 4.79 Å². The molecule has 6 nitrogen and oxygen atoms in total. The molecule has 1 aliphatic rings. The Hall–Kier alpha value is -3.23. The first-order chi connectivity index (χ1) is 16.1. The van der Waals surface area contributed by atoms with Gasteiger partial charge in [-0.3, -0.25) is 4.79 Å². The number of fused-ring (bicyclic) bond motifs is 5. The number of aromatic nitrogens is 3. The van der Waals surface area contributed by atoms with Crippen LogP contribution in [0, 0.1) is 0 Å². The summed E-state index contributed by atoms with van der Waals surface area (Å²) in [5, 5.41) is 2.82. The molecule has 1 atom stereocenters. The summed E-state index contributed by atoms with van der Waals surface area (Å²) in [6.45, 7) is 2.10. The molecular weight excluding hydrogens is 452 g/mol. The summed E-state index contributed by atoms with van der Waals surface area (Å²) in [7, 11) is 1.66. The molecule has 1 aliphatic heterocycles. The van der Waals surface area contributed by atoms with Gasteiger partial charge in [0, 0.05) is 22.5 Å². The van der Waals surface area contributed by atoms with E-state index in [1.807, 2.05) is 41.3 Å². The molecule has 0 fully saturated rings. The molecule has 2 aromatic carbocycles. The Morgan fingerprint density at radius 2 is 2.09 bits per heavy atom. The van der Waals surface area contributed by atoms with E-state index in [0.29, 0.717) is 5.75 Å². The van der Waals surface area contributed by atoms with E-state index < -0.39 is 0 Å². The third-order valence-electron chi connectivity index (χ3n) is 6.02. The van der Waals surface area contributed by atoms with Crippen LogP contribution in [0.1, 0.15) is 12.5 Å². The van der Waals surface area contributed by atoms with Gasteiger partial charge in [-0.25, -0.2) is 15.0 Å². The molecule has 4 heterocycles. The van der Waals surface area contributed by atoms with Crippen molar-refractivity contribution in [2.75, 3.05) is 17.8 Å². The van der Waals surface area contributed by atoms with Crippen molar-refractivity contribution < 1.29 is 9.53 Å². The van der Waals surface area contributed by atoms with Crippen LogP contribution in [0.15, 0.2) is 59.9 Å². The largest absolute Gasteiger partial charge is 0.497 e. The highest BCUT2D eigenvalue weighted by Crippen LogP contribution is 2.39. The standard InChI is InChI=1S/C25H20N4O2S2/c1-14-9-15-5-3-4-6-20(15)29(14)21(30)12-32-25-23-22(26-13-27-25)18-11-16-10-17(31-2)7-8-19(16)28-24(18)33-23/h3-8,10-11,13-14H,9,12H2,1-2H3. The molecule has 33 heavy (non-hydrogen) atoms. The molecule has 3 aromatic heterocycles. The summed E-state index contributed by atoms with van der Waals surface area (Å²) in [6, 6.07) is 16.3. The van der Waals surface area contributed by atoms with Gasteiger partial charge in [-0.1, -0.05) is 30.0 Å². The summed E-state index contributed by atoms with van der Waals surface area (Å²) in [5.74, 6) is 1.22. The van der Waals surface area contributed by atoms with Gasteiger partial charge in [0.25, 0.3) is 0 Å². The van der Waals surface area contributed by atoms with Crippen molar-refractivity contribution in [1.82, 2.24) is 15.0 Å². The second-order valence-corrected chi connectivity index (χ2v) is 10.1. The number of thiophene rings is 1. The lowest BCUT2D eigenvalue weighted by atomic mass is 10.1. The summed E-state index contributed by atoms with van der Waals surface area (Å²) in [6.07, 6.45) is 2.47. The summed E-state index contributed by atoms with van der Waals surface area (Å²) < 4.78 is 6.33. The van der Waals surface area contributed by atoms with Crippen molar-refractivity contribution in [3.8, 4) is 5.75 Å². The Morgan fingerprint density at radius 3 is 2.97 bits per heavy atom. The molecule has 6 rings (SSSR count). The quantitative estimate of drug-likeness (QED) is 0.255. The molecule has 0 saturated carbocycles. The van der Waals surface area contributed by atoms with Gasteiger partial charge in [0.2, 0.25) is 5.91 Å². The number of amides is 1. The molecule has 1 amide bonds. The number of para-hydroxylation sites is 1. The van der Waals surface area contributed by atoms with E-state index in [4.69, 9.17) is 9.72 Å². The van der Waals surface area contributed by atoms with Crippen LogP contribution in [0.25, 0.3) is 31.3 Å². The molecule has 0 saturated heterocycles. The number of benzene rings is 2. The van der Waals surface area contributed by atoms with E-state index in [1.165, 1.54) is 17.3 Å². The highest BCUT2D eigenvalue weighted by atomic mass is 32.2. The van der Waals surface area contributed by atoms with Crippen LogP contribution < -0.4 is 9.64 Å². The molecule has 0 aliphatic carbocycles.